The highest BCUT2D eigenvalue weighted by Gasteiger charge is 2.19. The smallest absolute Gasteiger partial charge is 0.337 e. The van der Waals surface area contributed by atoms with Crippen molar-refractivity contribution in [3.05, 3.63) is 33.8 Å². The molecule has 0 aromatic heterocycles. The van der Waals surface area contributed by atoms with Crippen LogP contribution in [0.25, 0.3) is 0 Å². The van der Waals surface area contributed by atoms with Crippen LogP contribution in [0.1, 0.15) is 11.7 Å². The summed E-state index contributed by atoms with van der Waals surface area (Å²) in [6.45, 7) is 0. The second-order valence-electron chi connectivity index (χ2n) is 2.63. The van der Waals surface area contributed by atoms with E-state index in [1.54, 1.807) is 6.07 Å². The number of aliphatic carboxylic acids is 1. The molecule has 0 aliphatic carbocycles. The lowest BCUT2D eigenvalue weighted by molar-refractivity contribution is -0.148. The molecule has 0 saturated carbocycles. The molecular formula is C9H8Cl2O3. The lowest BCUT2D eigenvalue weighted by Crippen LogP contribution is -2.13. The third-order valence-electron chi connectivity index (χ3n) is 1.71. The number of rotatable bonds is 3. The van der Waals surface area contributed by atoms with Gasteiger partial charge in [-0.15, -0.1) is 0 Å². The van der Waals surface area contributed by atoms with E-state index in [4.69, 9.17) is 33.0 Å². The number of carboxylic acid groups (broad SMARTS) is 1. The van der Waals surface area contributed by atoms with Crippen molar-refractivity contribution in [3.8, 4) is 0 Å². The highest BCUT2D eigenvalue weighted by atomic mass is 35.5. The monoisotopic (exact) mass is 234 g/mol. The molecule has 1 aromatic carbocycles. The lowest BCUT2D eigenvalue weighted by atomic mass is 10.1. The number of hydrogen-bond donors (Lipinski definition) is 1. The second-order valence-corrected chi connectivity index (χ2v) is 3.44. The first-order chi connectivity index (χ1) is 6.56. The fourth-order valence-corrected chi connectivity index (χ4v) is 1.36. The summed E-state index contributed by atoms with van der Waals surface area (Å²) in [5, 5.41) is 9.48. The standard InChI is InChI=1S/C9H8Cl2O3/c1-14-8(9(12)13)5-2-3-6(10)7(11)4-5/h2-4,8H,1H3,(H,12,13)/t8-/m1/s1. The molecule has 0 aliphatic heterocycles. The van der Waals surface area contributed by atoms with Crippen LogP contribution in [0.2, 0.25) is 10.0 Å². The zero-order valence-corrected chi connectivity index (χ0v) is 8.84. The second kappa shape index (κ2) is 4.64. The van der Waals surface area contributed by atoms with Crippen LogP contribution >= 0.6 is 23.2 Å². The Balaban J connectivity index is 3.06. The first kappa shape index (κ1) is 11.3. The van der Waals surface area contributed by atoms with E-state index in [0.29, 0.717) is 15.6 Å². The van der Waals surface area contributed by atoms with Crippen molar-refractivity contribution in [2.24, 2.45) is 0 Å². The van der Waals surface area contributed by atoms with Gasteiger partial charge in [0.25, 0.3) is 0 Å². The molecular weight excluding hydrogens is 227 g/mol. The molecule has 1 aromatic rings. The van der Waals surface area contributed by atoms with Gasteiger partial charge in [0.2, 0.25) is 0 Å². The molecule has 1 N–H and O–H groups in total. The van der Waals surface area contributed by atoms with Crippen LogP contribution in [0.4, 0.5) is 0 Å². The summed E-state index contributed by atoms with van der Waals surface area (Å²) in [6, 6.07) is 4.58. The van der Waals surface area contributed by atoms with Gasteiger partial charge in [0.1, 0.15) is 0 Å². The fourth-order valence-electron chi connectivity index (χ4n) is 1.05. The van der Waals surface area contributed by atoms with Crippen molar-refractivity contribution in [1.82, 2.24) is 0 Å². The number of halogens is 2. The van der Waals surface area contributed by atoms with E-state index in [1.807, 2.05) is 0 Å². The van der Waals surface area contributed by atoms with E-state index in [1.165, 1.54) is 19.2 Å². The summed E-state index contributed by atoms with van der Waals surface area (Å²) < 4.78 is 4.79. The maximum atomic E-state index is 10.7. The molecule has 14 heavy (non-hydrogen) atoms. The van der Waals surface area contributed by atoms with E-state index >= 15 is 0 Å². The largest absolute Gasteiger partial charge is 0.479 e. The van der Waals surface area contributed by atoms with E-state index < -0.39 is 12.1 Å². The van der Waals surface area contributed by atoms with Crippen molar-refractivity contribution in [2.45, 2.75) is 6.10 Å². The van der Waals surface area contributed by atoms with Gasteiger partial charge in [-0.2, -0.15) is 0 Å². The Kier molecular flexibility index (Phi) is 3.75. The highest BCUT2D eigenvalue weighted by molar-refractivity contribution is 6.42. The van der Waals surface area contributed by atoms with E-state index in [2.05, 4.69) is 0 Å². The van der Waals surface area contributed by atoms with Crippen LogP contribution in [-0.4, -0.2) is 18.2 Å². The first-order valence-electron chi connectivity index (χ1n) is 3.77. The lowest BCUT2D eigenvalue weighted by Gasteiger charge is -2.10. The first-order valence-corrected chi connectivity index (χ1v) is 4.52. The van der Waals surface area contributed by atoms with Crippen LogP contribution in [0.5, 0.6) is 0 Å². The van der Waals surface area contributed by atoms with Gasteiger partial charge >= 0.3 is 5.97 Å². The van der Waals surface area contributed by atoms with E-state index in [0.717, 1.165) is 0 Å². The maximum Gasteiger partial charge on any atom is 0.337 e. The van der Waals surface area contributed by atoms with Crippen molar-refractivity contribution >= 4 is 29.2 Å². The summed E-state index contributed by atoms with van der Waals surface area (Å²) in [5.41, 5.74) is 0.467. The molecule has 1 atom stereocenters. The molecule has 0 saturated heterocycles. The SMILES string of the molecule is CO[C@@H](C(=O)O)c1ccc(Cl)c(Cl)c1. The topological polar surface area (TPSA) is 46.5 Å². The van der Waals surface area contributed by atoms with Crippen LogP contribution < -0.4 is 0 Å². The van der Waals surface area contributed by atoms with Gasteiger partial charge in [0.15, 0.2) is 6.10 Å². The van der Waals surface area contributed by atoms with Crippen molar-refractivity contribution in [1.29, 1.82) is 0 Å². The average Bonchev–Trinajstić information content (AvgIpc) is 2.11. The predicted octanol–water partition coefficient (Wildman–Crippen LogP) is 2.77. The molecule has 5 heteroatoms. The molecule has 0 radical (unpaired) electrons. The fraction of sp³-hybridized carbons (Fsp3) is 0.222. The maximum absolute atomic E-state index is 10.7. The Morgan fingerprint density at radius 3 is 2.50 bits per heavy atom. The summed E-state index contributed by atoms with van der Waals surface area (Å²) >= 11 is 11.4. The zero-order valence-electron chi connectivity index (χ0n) is 7.33. The average molecular weight is 235 g/mol. The Labute approximate surface area is 91.2 Å². The van der Waals surface area contributed by atoms with Crippen LogP contribution in [0.15, 0.2) is 18.2 Å². The highest BCUT2D eigenvalue weighted by Crippen LogP contribution is 2.26. The van der Waals surface area contributed by atoms with E-state index in [9.17, 15) is 4.79 Å². The number of ether oxygens (including phenoxy) is 1. The normalized spacial score (nSPS) is 12.5. The molecule has 0 unspecified atom stereocenters. The van der Waals surface area contributed by atoms with Gasteiger partial charge in [-0.05, 0) is 17.7 Å². The minimum atomic E-state index is -1.06. The summed E-state index contributed by atoms with van der Waals surface area (Å²) in [5.74, 6) is -1.06. The van der Waals surface area contributed by atoms with Gasteiger partial charge < -0.3 is 9.84 Å². The zero-order chi connectivity index (χ0) is 10.7. The molecule has 0 heterocycles. The van der Waals surface area contributed by atoms with Crippen LogP contribution in [0, 0.1) is 0 Å². The van der Waals surface area contributed by atoms with Crippen molar-refractivity contribution in [3.63, 3.8) is 0 Å². The van der Waals surface area contributed by atoms with Gasteiger partial charge in [0.05, 0.1) is 10.0 Å². The number of carboxylic acids is 1. The summed E-state index contributed by atoms with van der Waals surface area (Å²) in [6.07, 6.45) is -1.01. The molecule has 0 amide bonds. The summed E-state index contributed by atoms with van der Waals surface area (Å²) in [4.78, 5) is 10.7. The van der Waals surface area contributed by atoms with Crippen molar-refractivity contribution in [2.75, 3.05) is 7.11 Å². The Hall–Kier alpha value is -0.770. The Morgan fingerprint density at radius 2 is 2.07 bits per heavy atom. The minimum Gasteiger partial charge on any atom is -0.479 e. The van der Waals surface area contributed by atoms with E-state index in [-0.39, 0.29) is 0 Å². The third kappa shape index (κ3) is 2.38. The minimum absolute atomic E-state index is 0.312. The number of benzene rings is 1. The Morgan fingerprint density at radius 1 is 1.43 bits per heavy atom. The van der Waals surface area contributed by atoms with Crippen LogP contribution in [-0.2, 0) is 9.53 Å². The predicted molar refractivity (Wildman–Crippen MR) is 53.8 cm³/mol. The number of methoxy groups -OCH3 is 1. The molecule has 76 valence electrons. The Bertz CT molecular complexity index is 352. The summed E-state index contributed by atoms with van der Waals surface area (Å²) in [7, 11) is 1.32. The molecule has 3 nitrogen and oxygen atoms in total. The quantitative estimate of drug-likeness (QED) is 0.876. The molecule has 0 bridgehead atoms. The molecule has 0 fully saturated rings. The van der Waals surface area contributed by atoms with Gasteiger partial charge in [-0.25, -0.2) is 4.79 Å². The van der Waals surface area contributed by atoms with Gasteiger partial charge in [-0.1, -0.05) is 29.3 Å². The van der Waals surface area contributed by atoms with Crippen LogP contribution in [0.3, 0.4) is 0 Å². The number of hydrogen-bond acceptors (Lipinski definition) is 2. The number of carbonyl (C=O) groups is 1. The third-order valence-corrected chi connectivity index (χ3v) is 2.45. The molecule has 1 rings (SSSR count). The molecule has 0 aliphatic rings. The van der Waals surface area contributed by atoms with Crippen molar-refractivity contribution < 1.29 is 14.6 Å². The molecule has 0 spiro atoms. The van der Waals surface area contributed by atoms with Gasteiger partial charge in [0, 0.05) is 7.11 Å². The van der Waals surface area contributed by atoms with Gasteiger partial charge in [-0.3, -0.25) is 0 Å².